The zero-order chi connectivity index (χ0) is 12.3. The lowest BCUT2D eigenvalue weighted by Crippen LogP contribution is -2.47. The summed E-state index contributed by atoms with van der Waals surface area (Å²) in [6.07, 6.45) is 1.37. The molecule has 0 amide bonds. The van der Waals surface area contributed by atoms with Crippen LogP contribution in [-0.4, -0.2) is 57.3 Å². The fraction of sp³-hybridized carbons (Fsp3) is 0.889. The zero-order valence-electron chi connectivity index (χ0n) is 9.84. The van der Waals surface area contributed by atoms with Gasteiger partial charge in [0.25, 0.3) is 10.2 Å². The monoisotopic (exact) mass is 250 g/mol. The number of piperidine rings is 1. The van der Waals surface area contributed by atoms with Gasteiger partial charge in [-0.3, -0.25) is 4.79 Å². The van der Waals surface area contributed by atoms with Gasteiger partial charge in [-0.25, -0.2) is 0 Å². The van der Waals surface area contributed by atoms with Crippen molar-refractivity contribution in [2.75, 3.05) is 34.3 Å². The van der Waals surface area contributed by atoms with Crippen molar-refractivity contribution < 1.29 is 17.9 Å². The van der Waals surface area contributed by atoms with Crippen LogP contribution >= 0.6 is 0 Å². The molecular weight excluding hydrogens is 232 g/mol. The summed E-state index contributed by atoms with van der Waals surface area (Å²) in [6.45, 7) is 0.682. The molecule has 0 aromatic heterocycles. The predicted molar refractivity (Wildman–Crippen MR) is 58.9 cm³/mol. The Hall–Kier alpha value is -0.660. The van der Waals surface area contributed by atoms with Gasteiger partial charge in [0.1, 0.15) is 0 Å². The first-order chi connectivity index (χ1) is 7.39. The van der Waals surface area contributed by atoms with E-state index in [1.54, 1.807) is 0 Å². The third-order valence-electron chi connectivity index (χ3n) is 2.71. The maximum absolute atomic E-state index is 11.8. The van der Waals surface area contributed by atoms with E-state index in [0.717, 1.165) is 4.31 Å². The molecular formula is C9H18N2O4S. The normalized spacial score (nSPS) is 23.4. The molecule has 7 heteroatoms. The van der Waals surface area contributed by atoms with Crippen LogP contribution in [0.15, 0.2) is 0 Å². The van der Waals surface area contributed by atoms with E-state index in [1.807, 2.05) is 0 Å². The molecule has 1 aliphatic heterocycles. The highest BCUT2D eigenvalue weighted by Gasteiger charge is 2.33. The highest BCUT2D eigenvalue weighted by Crippen LogP contribution is 2.20. The van der Waals surface area contributed by atoms with E-state index in [4.69, 9.17) is 0 Å². The summed E-state index contributed by atoms with van der Waals surface area (Å²) < 4.78 is 30.8. The molecule has 0 saturated carbocycles. The topological polar surface area (TPSA) is 66.9 Å². The van der Waals surface area contributed by atoms with Crippen LogP contribution in [0.4, 0.5) is 0 Å². The van der Waals surface area contributed by atoms with Crippen molar-refractivity contribution in [2.45, 2.75) is 12.8 Å². The Bertz CT molecular complexity index is 353. The molecule has 0 spiro atoms. The van der Waals surface area contributed by atoms with Gasteiger partial charge in [0.2, 0.25) is 0 Å². The molecule has 1 heterocycles. The van der Waals surface area contributed by atoms with Crippen molar-refractivity contribution in [1.29, 1.82) is 0 Å². The van der Waals surface area contributed by atoms with Crippen molar-refractivity contribution in [3.8, 4) is 0 Å². The van der Waals surface area contributed by atoms with Gasteiger partial charge in [0.05, 0.1) is 13.0 Å². The van der Waals surface area contributed by atoms with Crippen molar-refractivity contribution in [3.05, 3.63) is 0 Å². The molecule has 0 radical (unpaired) electrons. The van der Waals surface area contributed by atoms with Crippen LogP contribution in [0, 0.1) is 5.92 Å². The molecule has 1 aliphatic rings. The number of carbonyl (C=O) groups excluding carboxylic acids is 1. The molecule has 1 fully saturated rings. The number of hydrogen-bond acceptors (Lipinski definition) is 4. The fourth-order valence-corrected chi connectivity index (χ4v) is 2.93. The molecule has 1 unspecified atom stereocenters. The summed E-state index contributed by atoms with van der Waals surface area (Å²) in [6, 6.07) is 0. The van der Waals surface area contributed by atoms with Gasteiger partial charge in [0, 0.05) is 27.2 Å². The third-order valence-corrected chi connectivity index (χ3v) is 4.61. The van der Waals surface area contributed by atoms with E-state index >= 15 is 0 Å². The van der Waals surface area contributed by atoms with Gasteiger partial charge in [-0.2, -0.15) is 17.0 Å². The minimum absolute atomic E-state index is 0.215. The number of ether oxygens (including phenoxy) is 1. The van der Waals surface area contributed by atoms with Crippen molar-refractivity contribution in [3.63, 3.8) is 0 Å². The van der Waals surface area contributed by atoms with Crippen LogP contribution in [0.3, 0.4) is 0 Å². The standard InChI is InChI=1S/C9H18N2O4S/c1-10(2)16(13,14)11-6-4-5-8(7-11)9(12)15-3/h8H,4-7H2,1-3H3. The van der Waals surface area contributed by atoms with Crippen LogP contribution in [0.5, 0.6) is 0 Å². The molecule has 0 aromatic carbocycles. The Kier molecular flexibility index (Phi) is 4.28. The maximum Gasteiger partial charge on any atom is 0.309 e. The second-order valence-electron chi connectivity index (χ2n) is 4.01. The van der Waals surface area contributed by atoms with Gasteiger partial charge < -0.3 is 4.74 Å². The molecule has 1 atom stereocenters. The largest absolute Gasteiger partial charge is 0.469 e. The zero-order valence-corrected chi connectivity index (χ0v) is 10.7. The molecule has 0 aromatic rings. The van der Waals surface area contributed by atoms with Crippen LogP contribution in [0.1, 0.15) is 12.8 Å². The summed E-state index contributed by atoms with van der Waals surface area (Å²) in [5.74, 6) is -0.674. The smallest absolute Gasteiger partial charge is 0.309 e. The van der Waals surface area contributed by atoms with E-state index in [9.17, 15) is 13.2 Å². The van der Waals surface area contributed by atoms with Crippen molar-refractivity contribution in [1.82, 2.24) is 8.61 Å². The fourth-order valence-electron chi connectivity index (χ4n) is 1.74. The number of hydrogen-bond donors (Lipinski definition) is 0. The summed E-state index contributed by atoms with van der Waals surface area (Å²) >= 11 is 0. The van der Waals surface area contributed by atoms with E-state index in [0.29, 0.717) is 19.4 Å². The second kappa shape index (κ2) is 5.11. The van der Waals surface area contributed by atoms with Crippen molar-refractivity contribution >= 4 is 16.2 Å². The molecule has 6 nitrogen and oxygen atoms in total. The maximum atomic E-state index is 11.8. The van der Waals surface area contributed by atoms with Gasteiger partial charge in [-0.05, 0) is 12.8 Å². The minimum atomic E-state index is -3.42. The highest BCUT2D eigenvalue weighted by atomic mass is 32.2. The Morgan fingerprint density at radius 1 is 1.44 bits per heavy atom. The minimum Gasteiger partial charge on any atom is -0.469 e. The van der Waals surface area contributed by atoms with Crippen LogP contribution in [0.25, 0.3) is 0 Å². The molecule has 1 saturated heterocycles. The average Bonchev–Trinajstić information content (AvgIpc) is 2.28. The third kappa shape index (κ3) is 2.72. The predicted octanol–water partition coefficient (Wildman–Crippen LogP) is -0.322. The first-order valence-corrected chi connectivity index (χ1v) is 6.54. The SMILES string of the molecule is COC(=O)C1CCCN(S(=O)(=O)N(C)C)C1. The molecule has 1 rings (SSSR count). The molecule has 16 heavy (non-hydrogen) atoms. The van der Waals surface area contributed by atoms with E-state index in [1.165, 1.54) is 25.5 Å². The quantitative estimate of drug-likeness (QED) is 0.644. The molecule has 0 aliphatic carbocycles. The van der Waals surface area contributed by atoms with E-state index in [-0.39, 0.29) is 18.4 Å². The number of methoxy groups -OCH3 is 1. The number of carbonyl (C=O) groups is 1. The summed E-state index contributed by atoms with van der Waals surface area (Å²) in [7, 11) is 0.872. The Labute approximate surface area is 96.3 Å². The van der Waals surface area contributed by atoms with E-state index in [2.05, 4.69) is 4.74 Å². The van der Waals surface area contributed by atoms with Crippen LogP contribution in [-0.2, 0) is 19.7 Å². The van der Waals surface area contributed by atoms with E-state index < -0.39 is 10.2 Å². The van der Waals surface area contributed by atoms with Crippen LogP contribution < -0.4 is 0 Å². The summed E-state index contributed by atoms with van der Waals surface area (Å²) in [4.78, 5) is 11.4. The van der Waals surface area contributed by atoms with Crippen LogP contribution in [0.2, 0.25) is 0 Å². The summed E-state index contributed by atoms with van der Waals surface area (Å²) in [5.41, 5.74) is 0. The Morgan fingerprint density at radius 3 is 2.56 bits per heavy atom. The second-order valence-corrected chi connectivity index (χ2v) is 6.15. The molecule has 94 valence electrons. The van der Waals surface area contributed by atoms with Gasteiger partial charge >= 0.3 is 5.97 Å². The lowest BCUT2D eigenvalue weighted by atomic mass is 10.0. The molecule has 0 N–H and O–H groups in total. The lowest BCUT2D eigenvalue weighted by molar-refractivity contribution is -0.146. The van der Waals surface area contributed by atoms with Gasteiger partial charge in [-0.1, -0.05) is 0 Å². The first-order valence-electron chi connectivity index (χ1n) is 5.15. The average molecular weight is 250 g/mol. The number of rotatable bonds is 3. The Morgan fingerprint density at radius 2 is 2.06 bits per heavy atom. The Balaban J connectivity index is 2.75. The molecule has 0 bridgehead atoms. The first kappa shape index (κ1) is 13.4. The van der Waals surface area contributed by atoms with Gasteiger partial charge in [0.15, 0.2) is 0 Å². The summed E-state index contributed by atoms with van der Waals surface area (Å²) in [5, 5.41) is 0. The number of esters is 1. The van der Waals surface area contributed by atoms with Crippen molar-refractivity contribution in [2.24, 2.45) is 5.92 Å². The van der Waals surface area contributed by atoms with Gasteiger partial charge in [-0.15, -0.1) is 0 Å². The highest BCUT2D eigenvalue weighted by molar-refractivity contribution is 7.86. The lowest BCUT2D eigenvalue weighted by Gasteiger charge is -2.32. The number of nitrogens with zero attached hydrogens (tertiary/aromatic N) is 2.